The number of carbonyl (C=O) groups excluding carboxylic acids is 3. The number of aromatic nitrogens is 3. The van der Waals surface area contributed by atoms with Crippen LogP contribution in [0.3, 0.4) is 0 Å². The SMILES string of the molecule is CCc1c(C(=O)ON2C(=O)c3ccccc3C2=O)nnn1Cc1ccc(F)cc1. The molecule has 1 aliphatic heterocycles. The van der Waals surface area contributed by atoms with Gasteiger partial charge < -0.3 is 4.84 Å². The molecule has 2 amide bonds. The van der Waals surface area contributed by atoms with Gasteiger partial charge in [0.25, 0.3) is 11.8 Å². The van der Waals surface area contributed by atoms with E-state index >= 15 is 0 Å². The van der Waals surface area contributed by atoms with Crippen molar-refractivity contribution in [1.82, 2.24) is 20.1 Å². The van der Waals surface area contributed by atoms with Crippen molar-refractivity contribution in [2.75, 3.05) is 0 Å². The van der Waals surface area contributed by atoms with Crippen molar-refractivity contribution >= 4 is 17.8 Å². The van der Waals surface area contributed by atoms with Gasteiger partial charge >= 0.3 is 5.97 Å². The number of halogens is 1. The van der Waals surface area contributed by atoms with Gasteiger partial charge in [-0.05, 0) is 36.2 Å². The van der Waals surface area contributed by atoms with Crippen molar-refractivity contribution < 1.29 is 23.6 Å². The Labute approximate surface area is 164 Å². The predicted molar refractivity (Wildman–Crippen MR) is 97.3 cm³/mol. The lowest BCUT2D eigenvalue weighted by molar-refractivity contribution is -0.0589. The summed E-state index contributed by atoms with van der Waals surface area (Å²) in [6.07, 6.45) is 0.404. The highest BCUT2D eigenvalue weighted by Crippen LogP contribution is 2.23. The molecule has 0 bridgehead atoms. The summed E-state index contributed by atoms with van der Waals surface area (Å²) < 4.78 is 14.6. The number of carbonyl (C=O) groups is 3. The van der Waals surface area contributed by atoms with Crippen LogP contribution in [0.2, 0.25) is 0 Å². The number of amides is 2. The molecule has 4 rings (SSSR count). The third kappa shape index (κ3) is 3.27. The molecule has 1 aromatic heterocycles. The first-order chi connectivity index (χ1) is 14.0. The van der Waals surface area contributed by atoms with E-state index < -0.39 is 17.8 Å². The van der Waals surface area contributed by atoms with Crippen LogP contribution < -0.4 is 0 Å². The smallest absolute Gasteiger partial charge is 0.322 e. The van der Waals surface area contributed by atoms with Crippen molar-refractivity contribution in [2.24, 2.45) is 0 Å². The minimum atomic E-state index is -0.957. The largest absolute Gasteiger partial charge is 0.385 e. The molecule has 9 heteroatoms. The van der Waals surface area contributed by atoms with Crippen LogP contribution in [-0.4, -0.2) is 37.8 Å². The first-order valence-corrected chi connectivity index (χ1v) is 8.86. The van der Waals surface area contributed by atoms with Gasteiger partial charge in [0.2, 0.25) is 0 Å². The molecule has 0 radical (unpaired) electrons. The van der Waals surface area contributed by atoms with Gasteiger partial charge in [-0.25, -0.2) is 13.9 Å². The fraction of sp³-hybridized carbons (Fsp3) is 0.150. The van der Waals surface area contributed by atoms with Crippen molar-refractivity contribution in [1.29, 1.82) is 0 Å². The molecule has 0 N–H and O–H groups in total. The van der Waals surface area contributed by atoms with E-state index in [-0.39, 0.29) is 29.2 Å². The average Bonchev–Trinajstić information content (AvgIpc) is 3.24. The molecule has 146 valence electrons. The molecule has 0 unspecified atom stereocenters. The maximum absolute atomic E-state index is 13.1. The molecule has 0 atom stereocenters. The number of hydroxylamine groups is 2. The Balaban J connectivity index is 1.55. The number of fused-ring (bicyclic) bond motifs is 1. The molecule has 0 saturated carbocycles. The third-order valence-corrected chi connectivity index (χ3v) is 4.54. The summed E-state index contributed by atoms with van der Waals surface area (Å²) in [6.45, 7) is 2.08. The highest BCUT2D eigenvalue weighted by atomic mass is 19.1. The fourth-order valence-corrected chi connectivity index (χ4v) is 3.11. The second kappa shape index (κ2) is 7.27. The summed E-state index contributed by atoms with van der Waals surface area (Å²) in [7, 11) is 0. The van der Waals surface area contributed by atoms with Crippen LogP contribution in [0, 0.1) is 5.82 Å². The lowest BCUT2D eigenvalue weighted by atomic mass is 10.1. The van der Waals surface area contributed by atoms with Gasteiger partial charge in [-0.15, -0.1) is 5.10 Å². The highest BCUT2D eigenvalue weighted by molar-refractivity contribution is 6.21. The number of imide groups is 1. The Hall–Kier alpha value is -3.88. The summed E-state index contributed by atoms with van der Waals surface area (Å²) in [5.74, 6) is -2.73. The van der Waals surface area contributed by atoms with Gasteiger partial charge in [-0.1, -0.05) is 41.5 Å². The minimum Gasteiger partial charge on any atom is -0.322 e. The summed E-state index contributed by atoms with van der Waals surface area (Å²) in [5.41, 5.74) is 1.48. The van der Waals surface area contributed by atoms with Gasteiger partial charge in [-0.3, -0.25) is 9.59 Å². The predicted octanol–water partition coefficient (Wildman–Crippen LogP) is 2.40. The third-order valence-electron chi connectivity index (χ3n) is 4.54. The quantitative estimate of drug-likeness (QED) is 0.617. The lowest BCUT2D eigenvalue weighted by Crippen LogP contribution is -2.33. The van der Waals surface area contributed by atoms with E-state index in [0.29, 0.717) is 17.2 Å². The van der Waals surface area contributed by atoms with Gasteiger partial charge in [-0.2, -0.15) is 0 Å². The number of benzene rings is 2. The molecule has 2 aromatic carbocycles. The van der Waals surface area contributed by atoms with E-state index in [1.807, 2.05) is 0 Å². The summed E-state index contributed by atoms with van der Waals surface area (Å²) in [6, 6.07) is 12.1. The molecule has 2 heterocycles. The Morgan fingerprint density at radius 1 is 1.03 bits per heavy atom. The maximum Gasteiger partial charge on any atom is 0.385 e. The Bertz CT molecular complexity index is 1090. The van der Waals surface area contributed by atoms with E-state index in [0.717, 1.165) is 5.56 Å². The highest BCUT2D eigenvalue weighted by Gasteiger charge is 2.39. The number of rotatable bonds is 5. The molecule has 3 aromatic rings. The van der Waals surface area contributed by atoms with Gasteiger partial charge in [0, 0.05) is 0 Å². The van der Waals surface area contributed by atoms with Gasteiger partial charge in [0.05, 0.1) is 23.4 Å². The standard InChI is InChI=1S/C20H15FN4O4/c1-2-16-17(22-23-24(16)11-12-7-9-13(21)10-8-12)20(28)29-25-18(26)14-5-3-4-6-15(14)19(25)27/h3-10H,2,11H2,1H3. The first kappa shape index (κ1) is 18.5. The molecule has 0 spiro atoms. The molecular weight excluding hydrogens is 379 g/mol. The normalized spacial score (nSPS) is 13.0. The second-order valence-electron chi connectivity index (χ2n) is 6.35. The van der Waals surface area contributed by atoms with Crippen LogP contribution >= 0.6 is 0 Å². The van der Waals surface area contributed by atoms with E-state index in [1.54, 1.807) is 31.2 Å². The monoisotopic (exact) mass is 394 g/mol. The van der Waals surface area contributed by atoms with E-state index in [9.17, 15) is 18.8 Å². The molecular formula is C20H15FN4O4. The molecule has 0 aliphatic carbocycles. The van der Waals surface area contributed by atoms with Crippen LogP contribution in [0.25, 0.3) is 0 Å². The zero-order valence-corrected chi connectivity index (χ0v) is 15.3. The zero-order chi connectivity index (χ0) is 20.5. The topological polar surface area (TPSA) is 94.4 Å². The summed E-state index contributed by atoms with van der Waals surface area (Å²) in [4.78, 5) is 42.4. The zero-order valence-electron chi connectivity index (χ0n) is 15.3. The summed E-state index contributed by atoms with van der Waals surface area (Å²) in [5, 5.41) is 8.25. The Kier molecular flexibility index (Phi) is 4.63. The van der Waals surface area contributed by atoms with Crippen molar-refractivity contribution in [3.05, 3.63) is 82.4 Å². The van der Waals surface area contributed by atoms with Gasteiger partial charge in [0.15, 0.2) is 5.69 Å². The van der Waals surface area contributed by atoms with Crippen LogP contribution in [0.5, 0.6) is 0 Å². The summed E-state index contributed by atoms with van der Waals surface area (Å²) >= 11 is 0. The molecule has 8 nitrogen and oxygen atoms in total. The Morgan fingerprint density at radius 2 is 1.66 bits per heavy atom. The number of hydrogen-bond acceptors (Lipinski definition) is 6. The van der Waals surface area contributed by atoms with Crippen LogP contribution in [0.15, 0.2) is 48.5 Å². The van der Waals surface area contributed by atoms with E-state index in [4.69, 9.17) is 4.84 Å². The second-order valence-corrected chi connectivity index (χ2v) is 6.35. The van der Waals surface area contributed by atoms with Crippen molar-refractivity contribution in [3.8, 4) is 0 Å². The fourth-order valence-electron chi connectivity index (χ4n) is 3.11. The Morgan fingerprint density at radius 3 is 2.24 bits per heavy atom. The first-order valence-electron chi connectivity index (χ1n) is 8.86. The van der Waals surface area contributed by atoms with E-state index in [2.05, 4.69) is 10.3 Å². The maximum atomic E-state index is 13.1. The van der Waals surface area contributed by atoms with E-state index in [1.165, 1.54) is 28.9 Å². The van der Waals surface area contributed by atoms with Gasteiger partial charge in [0.1, 0.15) is 5.82 Å². The number of nitrogens with zero attached hydrogens (tertiary/aromatic N) is 4. The van der Waals surface area contributed by atoms with Crippen molar-refractivity contribution in [2.45, 2.75) is 19.9 Å². The van der Waals surface area contributed by atoms with Crippen LogP contribution in [-0.2, 0) is 17.8 Å². The minimum absolute atomic E-state index is 0.0915. The molecule has 0 fully saturated rings. The molecule has 1 aliphatic rings. The van der Waals surface area contributed by atoms with Crippen LogP contribution in [0.1, 0.15) is 49.4 Å². The molecule has 0 saturated heterocycles. The molecule has 29 heavy (non-hydrogen) atoms. The number of hydrogen-bond donors (Lipinski definition) is 0. The van der Waals surface area contributed by atoms with Crippen molar-refractivity contribution in [3.63, 3.8) is 0 Å². The average molecular weight is 394 g/mol. The van der Waals surface area contributed by atoms with Crippen LogP contribution in [0.4, 0.5) is 4.39 Å². The lowest BCUT2D eigenvalue weighted by Gasteiger charge is -2.12.